The summed E-state index contributed by atoms with van der Waals surface area (Å²) in [4.78, 5) is 2.49. The SMILES string of the molecule is Cc1cc(C=CCN2CCC[N]CC2)cc(C)c1C. The van der Waals surface area contributed by atoms with E-state index >= 15 is 0 Å². The zero-order valence-electron chi connectivity index (χ0n) is 12.4. The lowest BCUT2D eigenvalue weighted by atomic mass is 10.0. The molecule has 0 unspecified atom stereocenters. The van der Waals surface area contributed by atoms with Gasteiger partial charge in [-0.1, -0.05) is 24.3 Å². The van der Waals surface area contributed by atoms with Gasteiger partial charge in [0.1, 0.15) is 0 Å². The molecule has 0 amide bonds. The molecule has 0 bridgehead atoms. The monoisotopic (exact) mass is 257 g/mol. The molecular weight excluding hydrogens is 232 g/mol. The molecule has 0 aromatic heterocycles. The number of benzene rings is 1. The van der Waals surface area contributed by atoms with Crippen molar-refractivity contribution in [2.75, 3.05) is 32.7 Å². The molecular formula is C17H25N2. The molecule has 1 aromatic rings. The van der Waals surface area contributed by atoms with E-state index in [1.165, 1.54) is 35.2 Å². The molecule has 1 aromatic carbocycles. The van der Waals surface area contributed by atoms with E-state index in [1.807, 2.05) is 0 Å². The van der Waals surface area contributed by atoms with Crippen molar-refractivity contribution in [3.8, 4) is 0 Å². The largest absolute Gasteiger partial charge is 0.298 e. The maximum Gasteiger partial charge on any atom is 0.0261 e. The van der Waals surface area contributed by atoms with Crippen molar-refractivity contribution < 1.29 is 0 Å². The summed E-state index contributed by atoms with van der Waals surface area (Å²) in [5, 5.41) is 4.45. The Bertz CT molecular complexity index is 418. The first-order valence-electron chi connectivity index (χ1n) is 7.27. The van der Waals surface area contributed by atoms with Crippen molar-refractivity contribution in [2.24, 2.45) is 0 Å². The Morgan fingerprint density at radius 2 is 1.84 bits per heavy atom. The second kappa shape index (κ2) is 6.88. The molecule has 0 aliphatic carbocycles. The van der Waals surface area contributed by atoms with E-state index in [0.29, 0.717) is 0 Å². The standard InChI is InChI=1S/C17H25N2/c1-14-12-17(13-15(2)16(14)3)6-4-9-19-10-5-7-18-8-11-19/h4,6,12-13H,5,7-11H2,1-3H3. The summed E-state index contributed by atoms with van der Waals surface area (Å²) in [7, 11) is 0. The predicted octanol–water partition coefficient (Wildman–Crippen LogP) is 2.94. The Morgan fingerprint density at radius 1 is 1.11 bits per heavy atom. The minimum atomic E-state index is 0.997. The topological polar surface area (TPSA) is 17.3 Å². The molecule has 1 radical (unpaired) electrons. The number of rotatable bonds is 3. The fourth-order valence-corrected chi connectivity index (χ4v) is 2.53. The molecule has 0 saturated carbocycles. The highest BCUT2D eigenvalue weighted by Crippen LogP contribution is 2.16. The normalized spacial score (nSPS) is 17.8. The Balaban J connectivity index is 1.94. The maximum absolute atomic E-state index is 4.45. The number of nitrogens with zero attached hydrogens (tertiary/aromatic N) is 2. The van der Waals surface area contributed by atoms with E-state index in [9.17, 15) is 0 Å². The van der Waals surface area contributed by atoms with Crippen molar-refractivity contribution in [3.05, 3.63) is 40.5 Å². The van der Waals surface area contributed by atoms with Crippen LogP contribution in [0.4, 0.5) is 0 Å². The third-order valence-corrected chi connectivity index (χ3v) is 3.99. The molecule has 19 heavy (non-hydrogen) atoms. The van der Waals surface area contributed by atoms with Gasteiger partial charge in [0, 0.05) is 26.2 Å². The van der Waals surface area contributed by atoms with Crippen LogP contribution in [0.3, 0.4) is 0 Å². The van der Waals surface area contributed by atoms with Gasteiger partial charge in [0.05, 0.1) is 0 Å². The summed E-state index contributed by atoms with van der Waals surface area (Å²) in [6, 6.07) is 4.55. The van der Waals surface area contributed by atoms with Gasteiger partial charge in [-0.25, -0.2) is 5.32 Å². The molecule has 0 N–H and O–H groups in total. The van der Waals surface area contributed by atoms with Crippen molar-refractivity contribution >= 4 is 6.08 Å². The third kappa shape index (κ3) is 4.19. The number of hydrogen-bond acceptors (Lipinski definition) is 1. The van der Waals surface area contributed by atoms with Crippen molar-refractivity contribution in [2.45, 2.75) is 27.2 Å². The van der Waals surface area contributed by atoms with Gasteiger partial charge in [0.15, 0.2) is 0 Å². The van der Waals surface area contributed by atoms with Crippen molar-refractivity contribution in [1.82, 2.24) is 10.2 Å². The molecule has 2 heteroatoms. The van der Waals surface area contributed by atoms with Crippen LogP contribution in [0.2, 0.25) is 0 Å². The lowest BCUT2D eigenvalue weighted by molar-refractivity contribution is 0.324. The van der Waals surface area contributed by atoms with Crippen LogP contribution in [0.25, 0.3) is 6.08 Å². The molecule has 1 fully saturated rings. The first kappa shape index (κ1) is 14.3. The van der Waals surface area contributed by atoms with Crippen LogP contribution >= 0.6 is 0 Å². The van der Waals surface area contributed by atoms with Gasteiger partial charge in [-0.2, -0.15) is 0 Å². The number of aryl methyl sites for hydroxylation is 2. The van der Waals surface area contributed by atoms with Gasteiger partial charge in [-0.3, -0.25) is 4.90 Å². The average Bonchev–Trinajstić information content (AvgIpc) is 2.64. The van der Waals surface area contributed by atoms with Crippen LogP contribution in [0.1, 0.15) is 28.7 Å². The molecule has 1 saturated heterocycles. The van der Waals surface area contributed by atoms with Crippen LogP contribution in [0.15, 0.2) is 18.2 Å². The molecule has 0 spiro atoms. The maximum atomic E-state index is 4.45. The van der Waals surface area contributed by atoms with Gasteiger partial charge in [-0.15, -0.1) is 0 Å². The van der Waals surface area contributed by atoms with Crippen LogP contribution in [0.5, 0.6) is 0 Å². The van der Waals surface area contributed by atoms with Crippen LogP contribution in [-0.4, -0.2) is 37.6 Å². The fraction of sp³-hybridized carbons (Fsp3) is 0.529. The summed E-state index contributed by atoms with van der Waals surface area (Å²) < 4.78 is 0. The van der Waals surface area contributed by atoms with Crippen LogP contribution in [0, 0.1) is 20.8 Å². The minimum absolute atomic E-state index is 0.997. The average molecular weight is 257 g/mol. The summed E-state index contributed by atoms with van der Waals surface area (Å²) >= 11 is 0. The van der Waals surface area contributed by atoms with Gasteiger partial charge < -0.3 is 0 Å². The quantitative estimate of drug-likeness (QED) is 0.814. The van der Waals surface area contributed by atoms with Gasteiger partial charge in [0.2, 0.25) is 0 Å². The Labute approximate surface area is 117 Å². The lowest BCUT2D eigenvalue weighted by Crippen LogP contribution is -2.27. The molecule has 1 aliphatic heterocycles. The van der Waals surface area contributed by atoms with Gasteiger partial charge in [0.25, 0.3) is 0 Å². The first-order valence-corrected chi connectivity index (χ1v) is 7.27. The minimum Gasteiger partial charge on any atom is -0.298 e. The van der Waals surface area contributed by atoms with Crippen LogP contribution in [-0.2, 0) is 0 Å². The smallest absolute Gasteiger partial charge is 0.0261 e. The Kier molecular flexibility index (Phi) is 5.17. The van der Waals surface area contributed by atoms with Gasteiger partial charge in [-0.05, 0) is 56.0 Å². The fourth-order valence-electron chi connectivity index (χ4n) is 2.53. The van der Waals surface area contributed by atoms with E-state index in [2.05, 4.69) is 55.3 Å². The second-order valence-corrected chi connectivity index (χ2v) is 5.51. The predicted molar refractivity (Wildman–Crippen MR) is 82.6 cm³/mol. The summed E-state index contributed by atoms with van der Waals surface area (Å²) in [6.07, 6.45) is 5.74. The summed E-state index contributed by atoms with van der Waals surface area (Å²) in [6.45, 7) is 11.9. The zero-order valence-corrected chi connectivity index (χ0v) is 12.4. The van der Waals surface area contributed by atoms with Gasteiger partial charge >= 0.3 is 0 Å². The first-order chi connectivity index (χ1) is 9.16. The highest BCUT2D eigenvalue weighted by Gasteiger charge is 2.06. The van der Waals surface area contributed by atoms with E-state index < -0.39 is 0 Å². The highest BCUT2D eigenvalue weighted by molar-refractivity contribution is 5.54. The highest BCUT2D eigenvalue weighted by atomic mass is 15.1. The van der Waals surface area contributed by atoms with E-state index in [0.717, 1.165) is 26.2 Å². The van der Waals surface area contributed by atoms with Crippen molar-refractivity contribution in [1.29, 1.82) is 0 Å². The number of hydrogen-bond donors (Lipinski definition) is 0. The Hall–Kier alpha value is -1.12. The molecule has 103 valence electrons. The summed E-state index contributed by atoms with van der Waals surface area (Å²) in [5.74, 6) is 0. The zero-order chi connectivity index (χ0) is 13.7. The molecule has 1 aliphatic rings. The van der Waals surface area contributed by atoms with Crippen molar-refractivity contribution in [3.63, 3.8) is 0 Å². The molecule has 0 atom stereocenters. The molecule has 2 rings (SSSR count). The summed E-state index contributed by atoms with van der Waals surface area (Å²) in [5.41, 5.74) is 5.49. The second-order valence-electron chi connectivity index (χ2n) is 5.51. The lowest BCUT2D eigenvalue weighted by Gasteiger charge is -2.16. The van der Waals surface area contributed by atoms with Crippen LogP contribution < -0.4 is 5.32 Å². The molecule has 2 nitrogen and oxygen atoms in total. The Morgan fingerprint density at radius 3 is 2.58 bits per heavy atom. The molecule has 1 heterocycles. The van der Waals surface area contributed by atoms with E-state index in [4.69, 9.17) is 0 Å². The van der Waals surface area contributed by atoms with E-state index in [1.54, 1.807) is 0 Å². The third-order valence-electron chi connectivity index (χ3n) is 3.99. The van der Waals surface area contributed by atoms with E-state index in [-0.39, 0.29) is 0 Å².